The number of morpholine rings is 1. The molecule has 4 heteroatoms. The van der Waals surface area contributed by atoms with Crippen molar-refractivity contribution in [3.63, 3.8) is 0 Å². The minimum absolute atomic E-state index is 0.0826. The van der Waals surface area contributed by atoms with Crippen LogP contribution in [0.25, 0.3) is 0 Å². The van der Waals surface area contributed by atoms with Gasteiger partial charge in [0.15, 0.2) is 17.6 Å². The van der Waals surface area contributed by atoms with E-state index in [-0.39, 0.29) is 18.0 Å². The van der Waals surface area contributed by atoms with E-state index >= 15 is 0 Å². The Balaban J connectivity index is 1.87. The van der Waals surface area contributed by atoms with Crippen molar-refractivity contribution in [2.24, 2.45) is 0 Å². The number of phenolic OH excluding ortho intramolecular Hbond substituents is 1. The molecule has 0 bridgehead atoms. The fourth-order valence-corrected chi connectivity index (χ4v) is 2.48. The molecule has 3 rings (SSSR count). The van der Waals surface area contributed by atoms with Crippen LogP contribution in [0.2, 0.25) is 0 Å². The lowest BCUT2D eigenvalue weighted by Crippen LogP contribution is -2.43. The maximum Gasteiger partial charge on any atom is 0.162 e. The lowest BCUT2D eigenvalue weighted by Gasteiger charge is -2.31. The first kappa shape index (κ1) is 13.9. The summed E-state index contributed by atoms with van der Waals surface area (Å²) >= 11 is 0. The van der Waals surface area contributed by atoms with E-state index in [0.29, 0.717) is 12.4 Å². The molecule has 1 aliphatic heterocycles. The van der Waals surface area contributed by atoms with Gasteiger partial charge in [0.2, 0.25) is 0 Å². The third-order valence-corrected chi connectivity index (χ3v) is 3.54. The maximum atomic E-state index is 9.92. The molecule has 110 valence electrons. The number of benzene rings is 2. The predicted molar refractivity (Wildman–Crippen MR) is 80.5 cm³/mol. The Morgan fingerprint density at radius 3 is 2.57 bits per heavy atom. The topological polar surface area (TPSA) is 50.7 Å². The van der Waals surface area contributed by atoms with Crippen LogP contribution >= 0.6 is 0 Å². The molecular formula is C17H19NO3. The number of aromatic hydroxyl groups is 1. The molecule has 0 spiro atoms. The van der Waals surface area contributed by atoms with E-state index in [1.165, 1.54) is 0 Å². The van der Waals surface area contributed by atoms with Gasteiger partial charge in [0.05, 0.1) is 6.61 Å². The third kappa shape index (κ3) is 3.35. The molecular weight excluding hydrogens is 266 g/mol. The number of hydrogen-bond donors (Lipinski definition) is 2. The fraction of sp³-hybridized carbons (Fsp3) is 0.294. The second-order valence-electron chi connectivity index (χ2n) is 5.03. The fourth-order valence-electron chi connectivity index (χ4n) is 2.48. The summed E-state index contributed by atoms with van der Waals surface area (Å²) in [5.74, 6) is 0.614. The zero-order chi connectivity index (χ0) is 14.5. The Hall–Kier alpha value is -2.04. The van der Waals surface area contributed by atoms with Crippen molar-refractivity contribution >= 4 is 0 Å². The monoisotopic (exact) mass is 285 g/mol. The Morgan fingerprint density at radius 1 is 1.10 bits per heavy atom. The molecule has 0 radical (unpaired) electrons. The number of rotatable bonds is 4. The van der Waals surface area contributed by atoms with Crippen molar-refractivity contribution in [2.75, 3.05) is 19.7 Å². The van der Waals surface area contributed by atoms with Gasteiger partial charge in [-0.15, -0.1) is 0 Å². The Labute approximate surface area is 124 Å². The maximum absolute atomic E-state index is 9.92. The SMILES string of the molecule is Oc1ccccc1O[C@@H](c1ccccc1)C1CNCCO1. The lowest BCUT2D eigenvalue weighted by atomic mass is 10.0. The van der Waals surface area contributed by atoms with Crippen molar-refractivity contribution < 1.29 is 14.6 Å². The molecule has 1 unspecified atom stereocenters. The van der Waals surface area contributed by atoms with Crippen molar-refractivity contribution in [1.29, 1.82) is 0 Å². The Bertz CT molecular complexity index is 567. The highest BCUT2D eigenvalue weighted by Crippen LogP contribution is 2.32. The molecule has 0 amide bonds. The van der Waals surface area contributed by atoms with Gasteiger partial charge in [0.1, 0.15) is 6.10 Å². The predicted octanol–water partition coefficient (Wildman–Crippen LogP) is 2.50. The standard InChI is InChI=1S/C17H19NO3/c19-14-8-4-5-9-15(14)21-17(13-6-2-1-3-7-13)16-12-18-10-11-20-16/h1-9,16-19H,10-12H2/t16?,17-/m0/s1. The van der Waals surface area contributed by atoms with Gasteiger partial charge in [0.25, 0.3) is 0 Å². The van der Waals surface area contributed by atoms with Crippen LogP contribution in [0.4, 0.5) is 0 Å². The molecule has 4 nitrogen and oxygen atoms in total. The van der Waals surface area contributed by atoms with E-state index in [4.69, 9.17) is 9.47 Å². The first-order chi connectivity index (χ1) is 10.3. The van der Waals surface area contributed by atoms with Gasteiger partial charge in [-0.25, -0.2) is 0 Å². The molecule has 0 aromatic heterocycles. The third-order valence-electron chi connectivity index (χ3n) is 3.54. The van der Waals surface area contributed by atoms with Gasteiger partial charge in [-0.05, 0) is 17.7 Å². The van der Waals surface area contributed by atoms with Crippen molar-refractivity contribution in [1.82, 2.24) is 5.32 Å². The summed E-state index contributed by atoms with van der Waals surface area (Å²) in [6, 6.07) is 17.0. The molecule has 2 aromatic rings. The summed E-state index contributed by atoms with van der Waals surface area (Å²) < 4.78 is 11.9. The summed E-state index contributed by atoms with van der Waals surface area (Å²) in [7, 11) is 0. The van der Waals surface area contributed by atoms with Crippen LogP contribution in [-0.2, 0) is 4.74 Å². The van der Waals surface area contributed by atoms with Gasteiger partial charge in [-0.1, -0.05) is 42.5 Å². The molecule has 2 N–H and O–H groups in total. The van der Waals surface area contributed by atoms with Crippen LogP contribution in [0.3, 0.4) is 0 Å². The lowest BCUT2D eigenvalue weighted by molar-refractivity contribution is -0.0438. The number of hydrogen-bond acceptors (Lipinski definition) is 4. The number of nitrogens with one attached hydrogen (secondary N) is 1. The number of ether oxygens (including phenoxy) is 2. The highest BCUT2D eigenvalue weighted by molar-refractivity contribution is 5.38. The summed E-state index contributed by atoms with van der Waals surface area (Å²) in [6.45, 7) is 2.25. The summed E-state index contributed by atoms with van der Waals surface area (Å²) in [4.78, 5) is 0. The molecule has 1 aliphatic rings. The van der Waals surface area contributed by atoms with Crippen LogP contribution < -0.4 is 10.1 Å². The van der Waals surface area contributed by atoms with Gasteiger partial charge in [0, 0.05) is 13.1 Å². The first-order valence-corrected chi connectivity index (χ1v) is 7.16. The van der Waals surface area contributed by atoms with Crippen LogP contribution in [0.15, 0.2) is 54.6 Å². The molecule has 0 aliphatic carbocycles. The second-order valence-corrected chi connectivity index (χ2v) is 5.03. The van der Waals surface area contributed by atoms with Crippen LogP contribution in [0.1, 0.15) is 11.7 Å². The van der Waals surface area contributed by atoms with E-state index in [9.17, 15) is 5.11 Å². The number of phenols is 1. The van der Waals surface area contributed by atoms with Gasteiger partial charge in [-0.2, -0.15) is 0 Å². The van der Waals surface area contributed by atoms with Gasteiger partial charge in [-0.3, -0.25) is 0 Å². The average Bonchev–Trinajstić information content (AvgIpc) is 2.56. The van der Waals surface area contributed by atoms with Crippen LogP contribution in [0, 0.1) is 0 Å². The zero-order valence-corrected chi connectivity index (χ0v) is 11.7. The molecule has 21 heavy (non-hydrogen) atoms. The van der Waals surface area contributed by atoms with Gasteiger partial charge < -0.3 is 19.9 Å². The van der Waals surface area contributed by atoms with Crippen LogP contribution in [0.5, 0.6) is 11.5 Å². The summed E-state index contributed by atoms with van der Waals surface area (Å²) in [5, 5.41) is 13.2. The molecule has 2 atom stereocenters. The largest absolute Gasteiger partial charge is 0.504 e. The average molecular weight is 285 g/mol. The molecule has 1 fully saturated rings. The Morgan fingerprint density at radius 2 is 1.86 bits per heavy atom. The van der Waals surface area contributed by atoms with Crippen LogP contribution in [-0.4, -0.2) is 30.9 Å². The second kappa shape index (κ2) is 6.61. The van der Waals surface area contributed by atoms with E-state index < -0.39 is 0 Å². The minimum atomic E-state index is -0.257. The molecule has 2 aromatic carbocycles. The molecule has 0 saturated carbocycles. The first-order valence-electron chi connectivity index (χ1n) is 7.16. The Kier molecular flexibility index (Phi) is 4.38. The number of para-hydroxylation sites is 2. The highest BCUT2D eigenvalue weighted by Gasteiger charge is 2.28. The van der Waals surface area contributed by atoms with Crippen molar-refractivity contribution in [2.45, 2.75) is 12.2 Å². The smallest absolute Gasteiger partial charge is 0.162 e. The summed E-state index contributed by atoms with van der Waals surface area (Å²) in [5.41, 5.74) is 1.04. The van der Waals surface area contributed by atoms with E-state index in [2.05, 4.69) is 5.32 Å². The normalized spacial score (nSPS) is 19.9. The zero-order valence-electron chi connectivity index (χ0n) is 11.7. The molecule has 1 saturated heterocycles. The minimum Gasteiger partial charge on any atom is -0.504 e. The highest BCUT2D eigenvalue weighted by atomic mass is 16.5. The quantitative estimate of drug-likeness (QED) is 0.906. The molecule has 1 heterocycles. The van der Waals surface area contributed by atoms with E-state index in [1.807, 2.05) is 36.4 Å². The van der Waals surface area contributed by atoms with Gasteiger partial charge >= 0.3 is 0 Å². The summed E-state index contributed by atoms with van der Waals surface area (Å²) in [6.07, 6.45) is -0.340. The van der Waals surface area contributed by atoms with E-state index in [0.717, 1.165) is 18.7 Å². The van der Waals surface area contributed by atoms with Crippen molar-refractivity contribution in [3.05, 3.63) is 60.2 Å². The van der Waals surface area contributed by atoms with E-state index in [1.54, 1.807) is 18.2 Å². The van der Waals surface area contributed by atoms with Crippen molar-refractivity contribution in [3.8, 4) is 11.5 Å².